The molecule has 6 heteroatoms. The number of rotatable bonds is 7. The molecule has 1 aliphatic rings. The number of amides is 1. The summed E-state index contributed by atoms with van der Waals surface area (Å²) in [7, 11) is 3.53. The van der Waals surface area contributed by atoms with Gasteiger partial charge in [0.05, 0.1) is 6.54 Å². The summed E-state index contributed by atoms with van der Waals surface area (Å²) in [5.41, 5.74) is 1.79. The van der Waals surface area contributed by atoms with Crippen LogP contribution in [0.2, 0.25) is 0 Å². The van der Waals surface area contributed by atoms with Crippen molar-refractivity contribution in [3.05, 3.63) is 35.4 Å². The van der Waals surface area contributed by atoms with Crippen molar-refractivity contribution in [1.29, 1.82) is 0 Å². The molecular formula is C22H37N5O. The van der Waals surface area contributed by atoms with Gasteiger partial charge in [-0.25, -0.2) is 4.99 Å². The van der Waals surface area contributed by atoms with E-state index >= 15 is 0 Å². The molecule has 1 aliphatic heterocycles. The van der Waals surface area contributed by atoms with Crippen LogP contribution in [0.15, 0.2) is 29.3 Å². The van der Waals surface area contributed by atoms with Crippen LogP contribution in [0.1, 0.15) is 49.5 Å². The molecular weight excluding hydrogens is 350 g/mol. The lowest BCUT2D eigenvalue weighted by atomic mass is 9.99. The van der Waals surface area contributed by atoms with Crippen LogP contribution in [0.5, 0.6) is 0 Å². The topological polar surface area (TPSA) is 60.0 Å². The van der Waals surface area contributed by atoms with Gasteiger partial charge < -0.3 is 15.5 Å². The van der Waals surface area contributed by atoms with Crippen molar-refractivity contribution in [1.82, 2.24) is 20.4 Å². The summed E-state index contributed by atoms with van der Waals surface area (Å²) in [4.78, 5) is 20.8. The molecule has 0 saturated carbocycles. The Hall–Kier alpha value is -2.08. The average molecular weight is 388 g/mol. The van der Waals surface area contributed by atoms with Gasteiger partial charge in [-0.3, -0.25) is 9.69 Å². The van der Waals surface area contributed by atoms with Gasteiger partial charge in [-0.2, -0.15) is 0 Å². The van der Waals surface area contributed by atoms with Crippen LogP contribution in [0.4, 0.5) is 0 Å². The van der Waals surface area contributed by atoms with E-state index in [4.69, 9.17) is 4.99 Å². The third kappa shape index (κ3) is 6.82. The van der Waals surface area contributed by atoms with E-state index < -0.39 is 0 Å². The zero-order valence-electron chi connectivity index (χ0n) is 18.2. The van der Waals surface area contributed by atoms with Crippen molar-refractivity contribution < 1.29 is 4.79 Å². The summed E-state index contributed by atoms with van der Waals surface area (Å²) in [6, 6.07) is 8.17. The molecule has 6 nitrogen and oxygen atoms in total. The molecule has 1 aromatic rings. The lowest BCUT2D eigenvalue weighted by Gasteiger charge is -2.35. The Balaban J connectivity index is 1.90. The van der Waals surface area contributed by atoms with Crippen LogP contribution in [0.3, 0.4) is 0 Å². The van der Waals surface area contributed by atoms with E-state index in [1.54, 1.807) is 19.0 Å². The Kier molecular flexibility index (Phi) is 8.77. The number of guanidine groups is 1. The number of hydrogen-bond acceptors (Lipinski definition) is 3. The van der Waals surface area contributed by atoms with Gasteiger partial charge >= 0.3 is 0 Å². The molecule has 2 N–H and O–H groups in total. The highest BCUT2D eigenvalue weighted by Gasteiger charge is 2.20. The van der Waals surface area contributed by atoms with Gasteiger partial charge in [-0.1, -0.05) is 19.1 Å². The molecule has 1 fully saturated rings. The third-order valence-corrected chi connectivity index (χ3v) is 5.25. The Morgan fingerprint density at radius 2 is 2.00 bits per heavy atom. The fraction of sp³-hybridized carbons (Fsp3) is 0.636. The molecule has 28 heavy (non-hydrogen) atoms. The van der Waals surface area contributed by atoms with Crippen molar-refractivity contribution in [2.24, 2.45) is 10.9 Å². The number of benzene rings is 1. The standard InChI is InChI=1S/C22H37N5O/c1-6-23-22(24-14-18(3)27-13-7-8-17(2)16-27)25-15-19-9-11-20(12-10-19)21(28)26(4)5/h9-12,17-18H,6-8,13-16H2,1-5H3,(H2,23,24,25). The number of hydrogen-bond donors (Lipinski definition) is 2. The quantitative estimate of drug-likeness (QED) is 0.558. The molecule has 1 saturated heterocycles. The third-order valence-electron chi connectivity index (χ3n) is 5.25. The lowest BCUT2D eigenvalue weighted by Crippen LogP contribution is -2.48. The molecule has 1 aromatic carbocycles. The minimum Gasteiger partial charge on any atom is -0.357 e. The number of aliphatic imine (C=N–C) groups is 1. The van der Waals surface area contributed by atoms with Gasteiger partial charge in [0.25, 0.3) is 5.91 Å². The van der Waals surface area contributed by atoms with Crippen LogP contribution in [-0.2, 0) is 6.54 Å². The minimum atomic E-state index is 0.0195. The van der Waals surface area contributed by atoms with Gasteiger partial charge in [-0.15, -0.1) is 0 Å². The Bertz CT molecular complexity index is 641. The molecule has 2 rings (SSSR count). The predicted molar refractivity (Wildman–Crippen MR) is 117 cm³/mol. The van der Waals surface area contributed by atoms with E-state index in [0.29, 0.717) is 18.2 Å². The van der Waals surface area contributed by atoms with Crippen LogP contribution < -0.4 is 10.6 Å². The maximum absolute atomic E-state index is 12.0. The highest BCUT2D eigenvalue weighted by molar-refractivity contribution is 5.93. The summed E-state index contributed by atoms with van der Waals surface area (Å²) >= 11 is 0. The first-order valence-electron chi connectivity index (χ1n) is 10.5. The number of likely N-dealkylation sites (tertiary alicyclic amines) is 1. The molecule has 0 aromatic heterocycles. The van der Waals surface area contributed by atoms with E-state index in [2.05, 4.69) is 36.3 Å². The fourth-order valence-electron chi connectivity index (χ4n) is 3.52. The first-order chi connectivity index (χ1) is 13.4. The molecule has 0 spiro atoms. The largest absolute Gasteiger partial charge is 0.357 e. The van der Waals surface area contributed by atoms with E-state index in [9.17, 15) is 4.79 Å². The average Bonchev–Trinajstić information content (AvgIpc) is 2.69. The van der Waals surface area contributed by atoms with E-state index in [-0.39, 0.29) is 5.91 Å². The molecule has 0 aliphatic carbocycles. The van der Waals surface area contributed by atoms with Crippen LogP contribution in [0.25, 0.3) is 0 Å². The van der Waals surface area contributed by atoms with Crippen molar-refractivity contribution in [2.75, 3.05) is 40.3 Å². The summed E-state index contributed by atoms with van der Waals surface area (Å²) < 4.78 is 0. The highest BCUT2D eigenvalue weighted by atomic mass is 16.2. The normalized spacial score (nSPS) is 19.2. The van der Waals surface area contributed by atoms with Crippen LogP contribution >= 0.6 is 0 Å². The molecule has 2 atom stereocenters. The van der Waals surface area contributed by atoms with Gasteiger partial charge in [0.15, 0.2) is 5.96 Å². The number of nitrogens with zero attached hydrogens (tertiary/aromatic N) is 3. The number of carbonyl (C=O) groups excluding carboxylic acids is 1. The summed E-state index contributed by atoms with van der Waals surface area (Å²) in [5, 5.41) is 6.81. The fourth-order valence-corrected chi connectivity index (χ4v) is 3.52. The smallest absolute Gasteiger partial charge is 0.253 e. The summed E-state index contributed by atoms with van der Waals surface area (Å²) in [5.74, 6) is 1.65. The molecule has 1 heterocycles. The monoisotopic (exact) mass is 387 g/mol. The Morgan fingerprint density at radius 1 is 1.29 bits per heavy atom. The maximum Gasteiger partial charge on any atom is 0.253 e. The first kappa shape index (κ1) is 22.2. The number of piperidine rings is 1. The van der Waals surface area contributed by atoms with E-state index in [1.165, 1.54) is 25.9 Å². The lowest BCUT2D eigenvalue weighted by molar-refractivity contribution is 0.0827. The second-order valence-electron chi connectivity index (χ2n) is 8.06. The van der Waals surface area contributed by atoms with Crippen molar-refractivity contribution in [3.8, 4) is 0 Å². The molecule has 1 amide bonds. The molecule has 2 unspecified atom stereocenters. The van der Waals surface area contributed by atoms with E-state index in [0.717, 1.165) is 30.5 Å². The number of nitrogens with one attached hydrogen (secondary N) is 2. The summed E-state index contributed by atoms with van der Waals surface area (Å²) in [6.07, 6.45) is 2.64. The molecule has 0 bridgehead atoms. The van der Waals surface area contributed by atoms with Crippen molar-refractivity contribution in [2.45, 2.75) is 46.2 Å². The summed E-state index contributed by atoms with van der Waals surface area (Å²) in [6.45, 7) is 11.4. The van der Waals surface area contributed by atoms with Gasteiger partial charge in [0.2, 0.25) is 0 Å². The van der Waals surface area contributed by atoms with Gasteiger partial charge in [0.1, 0.15) is 0 Å². The van der Waals surface area contributed by atoms with Gasteiger partial charge in [-0.05, 0) is 56.8 Å². The highest BCUT2D eigenvalue weighted by Crippen LogP contribution is 2.17. The predicted octanol–water partition coefficient (Wildman–Crippen LogP) is 2.56. The second kappa shape index (κ2) is 11.1. The maximum atomic E-state index is 12.0. The zero-order valence-corrected chi connectivity index (χ0v) is 18.2. The van der Waals surface area contributed by atoms with Crippen molar-refractivity contribution in [3.63, 3.8) is 0 Å². The van der Waals surface area contributed by atoms with Gasteiger partial charge in [0, 0.05) is 45.3 Å². The molecule has 0 radical (unpaired) electrons. The van der Waals surface area contributed by atoms with Crippen LogP contribution in [0, 0.1) is 5.92 Å². The molecule has 156 valence electrons. The Labute approximate surface area is 170 Å². The van der Waals surface area contributed by atoms with Crippen molar-refractivity contribution >= 4 is 11.9 Å². The first-order valence-corrected chi connectivity index (χ1v) is 10.5. The second-order valence-corrected chi connectivity index (χ2v) is 8.06. The van der Waals surface area contributed by atoms with Crippen LogP contribution in [-0.4, -0.2) is 68.0 Å². The minimum absolute atomic E-state index is 0.0195. The Morgan fingerprint density at radius 3 is 2.61 bits per heavy atom. The SMILES string of the molecule is CCNC(=NCc1ccc(C(=O)N(C)C)cc1)NCC(C)N1CCCC(C)C1. The number of carbonyl (C=O) groups is 1. The van der Waals surface area contributed by atoms with E-state index in [1.807, 2.05) is 24.3 Å². The zero-order chi connectivity index (χ0) is 20.5.